The normalized spacial score (nSPS) is 15.6. The Hall–Kier alpha value is -5.28. The van der Waals surface area contributed by atoms with E-state index in [9.17, 15) is 37.5 Å². The summed E-state index contributed by atoms with van der Waals surface area (Å²) in [6.07, 6.45) is 0.863. The molecule has 0 unspecified atom stereocenters. The van der Waals surface area contributed by atoms with Crippen LogP contribution < -0.4 is 21.3 Å². The van der Waals surface area contributed by atoms with Crippen LogP contribution in [0.4, 0.5) is 16.2 Å². The Morgan fingerprint density at radius 2 is 1.58 bits per heavy atom. The van der Waals surface area contributed by atoms with Crippen LogP contribution in [0.3, 0.4) is 0 Å². The number of carbonyl (C=O) groups excluding carboxylic acids is 4. The Morgan fingerprint density at radius 1 is 0.925 bits per heavy atom. The second kappa shape index (κ2) is 18.5. The maximum Gasteiger partial charge on any atom is 0.326 e. The standard InChI is InChI=1S/C38H48N6O8S/c1-25(2)23-33(43(4)34(45)24-27-16-18-28(19-17-27)40-38(50)42-30-14-9-8-11-26(30)3)35(46)39-21-20-31(37(48)49)41-36(47)32-15-10-22-44(32)53(51,52)29-12-6-5-7-13-29/h5-9,11-14,16-19,25,31-33H,10,15,20-24H2,1-4H3,(H,39,46)(H,41,47)(H,48,49)(H2,40,42,50)/t31-,32-,33+/m0/s1. The molecule has 1 aliphatic heterocycles. The molecule has 1 heterocycles. The molecule has 1 aliphatic rings. The highest BCUT2D eigenvalue weighted by Crippen LogP contribution is 2.26. The molecule has 1 saturated heterocycles. The maximum absolute atomic E-state index is 13.4. The lowest BCUT2D eigenvalue weighted by molar-refractivity contribution is -0.142. The van der Waals surface area contributed by atoms with Crippen molar-refractivity contribution in [2.24, 2.45) is 5.92 Å². The molecule has 15 heteroatoms. The number of amides is 5. The Labute approximate surface area is 310 Å². The molecule has 4 rings (SSSR count). The fourth-order valence-corrected chi connectivity index (χ4v) is 7.74. The van der Waals surface area contributed by atoms with Crippen molar-refractivity contribution in [3.8, 4) is 0 Å². The van der Waals surface area contributed by atoms with E-state index in [2.05, 4.69) is 21.3 Å². The molecule has 5 N–H and O–H groups in total. The number of rotatable bonds is 16. The first-order valence-corrected chi connectivity index (χ1v) is 19.0. The molecule has 0 radical (unpaired) electrons. The number of carboxylic acids is 1. The van der Waals surface area contributed by atoms with E-state index < -0.39 is 52.0 Å². The third kappa shape index (κ3) is 11.1. The van der Waals surface area contributed by atoms with Crippen LogP contribution in [0, 0.1) is 12.8 Å². The smallest absolute Gasteiger partial charge is 0.326 e. The number of nitrogens with zero attached hydrogens (tertiary/aromatic N) is 2. The summed E-state index contributed by atoms with van der Waals surface area (Å²) in [7, 11) is -2.43. The van der Waals surface area contributed by atoms with Gasteiger partial charge in [0.2, 0.25) is 27.7 Å². The Balaban J connectivity index is 1.30. The summed E-state index contributed by atoms with van der Waals surface area (Å²) in [5.41, 5.74) is 2.82. The van der Waals surface area contributed by atoms with E-state index in [1.54, 1.807) is 48.5 Å². The largest absolute Gasteiger partial charge is 0.480 e. The van der Waals surface area contributed by atoms with Crippen molar-refractivity contribution in [3.63, 3.8) is 0 Å². The van der Waals surface area contributed by atoms with Crippen LogP contribution in [0.5, 0.6) is 0 Å². The summed E-state index contributed by atoms with van der Waals surface area (Å²) >= 11 is 0. The first kappa shape index (κ1) is 40.5. The fourth-order valence-electron chi connectivity index (χ4n) is 6.06. The fraction of sp³-hybridized carbons (Fsp3) is 0.395. The summed E-state index contributed by atoms with van der Waals surface area (Å²) in [6, 6.07) is 18.2. The summed E-state index contributed by atoms with van der Waals surface area (Å²) in [5.74, 6) is -2.80. The van der Waals surface area contributed by atoms with Crippen LogP contribution in [0.2, 0.25) is 0 Å². The van der Waals surface area contributed by atoms with Gasteiger partial charge in [0.1, 0.15) is 18.1 Å². The Bertz CT molecular complexity index is 1870. The third-order valence-electron chi connectivity index (χ3n) is 9.02. The van der Waals surface area contributed by atoms with Gasteiger partial charge in [-0.3, -0.25) is 14.4 Å². The minimum absolute atomic E-state index is 0.000637. The van der Waals surface area contributed by atoms with Gasteiger partial charge in [-0.1, -0.05) is 62.4 Å². The molecule has 5 amide bonds. The van der Waals surface area contributed by atoms with Crippen LogP contribution >= 0.6 is 0 Å². The molecule has 0 aromatic heterocycles. The molecule has 0 saturated carbocycles. The number of aryl methyl sites for hydroxylation is 1. The van der Waals surface area contributed by atoms with E-state index in [4.69, 9.17) is 0 Å². The van der Waals surface area contributed by atoms with Crippen LogP contribution in [0.1, 0.15) is 50.7 Å². The Kier molecular flexibility index (Phi) is 14.1. The van der Waals surface area contributed by atoms with Crippen molar-refractivity contribution in [1.82, 2.24) is 19.8 Å². The zero-order chi connectivity index (χ0) is 38.7. The lowest BCUT2D eigenvalue weighted by Gasteiger charge is -2.29. The van der Waals surface area contributed by atoms with Gasteiger partial charge in [0.25, 0.3) is 0 Å². The number of sulfonamides is 1. The molecule has 0 spiro atoms. The monoisotopic (exact) mass is 748 g/mol. The van der Waals surface area contributed by atoms with Gasteiger partial charge in [-0.25, -0.2) is 18.0 Å². The second-order valence-electron chi connectivity index (χ2n) is 13.5. The quantitative estimate of drug-likeness (QED) is 0.145. The van der Waals surface area contributed by atoms with Gasteiger partial charge in [0, 0.05) is 31.5 Å². The lowest BCUT2D eigenvalue weighted by Crippen LogP contribution is -2.52. The molecular formula is C38H48N6O8S. The number of hydrogen-bond donors (Lipinski definition) is 5. The van der Waals surface area contributed by atoms with E-state index in [1.165, 1.54) is 24.1 Å². The zero-order valence-corrected chi connectivity index (χ0v) is 31.2. The van der Waals surface area contributed by atoms with Crippen molar-refractivity contribution < 1.29 is 37.5 Å². The molecule has 3 aromatic rings. The maximum atomic E-state index is 13.4. The highest BCUT2D eigenvalue weighted by molar-refractivity contribution is 7.89. The van der Waals surface area contributed by atoms with Gasteiger partial charge in [0.05, 0.1) is 11.3 Å². The van der Waals surface area contributed by atoms with Crippen molar-refractivity contribution in [1.29, 1.82) is 0 Å². The molecule has 3 atom stereocenters. The van der Waals surface area contributed by atoms with Gasteiger partial charge in [-0.2, -0.15) is 4.31 Å². The average molecular weight is 749 g/mol. The topological polar surface area (TPSA) is 194 Å². The first-order chi connectivity index (χ1) is 25.2. The van der Waals surface area contributed by atoms with Crippen molar-refractivity contribution in [2.75, 3.05) is 30.8 Å². The van der Waals surface area contributed by atoms with Gasteiger partial charge < -0.3 is 31.3 Å². The lowest BCUT2D eigenvalue weighted by atomic mass is 10.0. The van der Waals surface area contributed by atoms with Gasteiger partial charge in [0.15, 0.2) is 0 Å². The van der Waals surface area contributed by atoms with E-state index in [1.807, 2.05) is 39.0 Å². The molecular weight excluding hydrogens is 701 g/mol. The van der Waals surface area contributed by atoms with Crippen molar-refractivity contribution >= 4 is 51.1 Å². The summed E-state index contributed by atoms with van der Waals surface area (Å²) in [5, 5.41) is 20.6. The molecule has 14 nitrogen and oxygen atoms in total. The number of carboxylic acid groups (broad SMARTS) is 1. The molecule has 53 heavy (non-hydrogen) atoms. The van der Waals surface area contributed by atoms with Crippen LogP contribution in [0.25, 0.3) is 0 Å². The van der Waals surface area contributed by atoms with Gasteiger partial charge in [-0.15, -0.1) is 0 Å². The average Bonchev–Trinajstić information content (AvgIpc) is 3.63. The van der Waals surface area contributed by atoms with Crippen LogP contribution in [0.15, 0.2) is 83.8 Å². The number of urea groups is 1. The van der Waals surface area contributed by atoms with E-state index in [-0.39, 0.29) is 49.1 Å². The predicted molar refractivity (Wildman–Crippen MR) is 201 cm³/mol. The third-order valence-corrected chi connectivity index (χ3v) is 10.9. The van der Waals surface area contributed by atoms with E-state index >= 15 is 0 Å². The second-order valence-corrected chi connectivity index (χ2v) is 15.4. The highest BCUT2D eigenvalue weighted by atomic mass is 32.2. The van der Waals surface area contributed by atoms with Gasteiger partial charge in [-0.05, 0) is 80.0 Å². The number of para-hydroxylation sites is 1. The number of carbonyl (C=O) groups is 5. The number of nitrogens with one attached hydrogen (secondary N) is 4. The number of aliphatic carboxylic acids is 1. The van der Waals surface area contributed by atoms with Crippen molar-refractivity contribution in [3.05, 3.63) is 90.0 Å². The molecule has 3 aromatic carbocycles. The number of anilines is 2. The summed E-state index contributed by atoms with van der Waals surface area (Å²) in [6.45, 7) is 5.74. The highest BCUT2D eigenvalue weighted by Gasteiger charge is 2.40. The zero-order valence-electron chi connectivity index (χ0n) is 30.4. The number of likely N-dealkylation sites (N-methyl/N-ethyl adjacent to an activating group) is 1. The van der Waals surface area contributed by atoms with Gasteiger partial charge >= 0.3 is 12.0 Å². The minimum Gasteiger partial charge on any atom is -0.480 e. The molecule has 0 aliphatic carbocycles. The van der Waals surface area contributed by atoms with E-state index in [0.29, 0.717) is 29.8 Å². The van der Waals surface area contributed by atoms with E-state index in [0.717, 1.165) is 9.87 Å². The molecule has 0 bridgehead atoms. The van der Waals surface area contributed by atoms with Crippen molar-refractivity contribution in [2.45, 2.75) is 75.9 Å². The number of benzene rings is 3. The number of hydrogen-bond acceptors (Lipinski definition) is 7. The molecule has 1 fully saturated rings. The summed E-state index contributed by atoms with van der Waals surface area (Å²) < 4.78 is 27.5. The van der Waals surface area contributed by atoms with Crippen LogP contribution in [-0.2, 0) is 35.6 Å². The minimum atomic E-state index is -3.97. The summed E-state index contributed by atoms with van der Waals surface area (Å²) in [4.78, 5) is 65.9. The molecule has 284 valence electrons. The predicted octanol–water partition coefficient (Wildman–Crippen LogP) is 3.98. The first-order valence-electron chi connectivity index (χ1n) is 17.5. The Morgan fingerprint density at radius 3 is 2.23 bits per heavy atom. The van der Waals surface area contributed by atoms with Crippen LogP contribution in [-0.4, -0.2) is 90.7 Å². The SMILES string of the molecule is Cc1ccccc1NC(=O)Nc1ccc(CC(=O)N(C)[C@H](CC(C)C)C(=O)NCC[C@H](NC(=O)[C@@H]2CCCN2S(=O)(=O)c2ccccc2)C(=O)O)cc1.